The fourth-order valence-corrected chi connectivity index (χ4v) is 2.72. The molecule has 1 amide bonds. The second-order valence-corrected chi connectivity index (χ2v) is 5.97. The maximum Gasteiger partial charge on any atom is 0.223 e. The predicted octanol–water partition coefficient (Wildman–Crippen LogP) is 1.79. The van der Waals surface area contributed by atoms with Crippen LogP contribution in [0.3, 0.4) is 0 Å². The van der Waals surface area contributed by atoms with Gasteiger partial charge >= 0.3 is 0 Å². The average molecular weight is 263 g/mol. The Labute approximate surface area is 113 Å². The lowest BCUT2D eigenvalue weighted by molar-refractivity contribution is -0.138. The lowest BCUT2D eigenvalue weighted by atomic mass is 10.0. The standard InChI is InChI=1S/C15H21NO3/c1-10-6-13(10)14-4-2-12(19-14)3-5-15(18)16-7-11(8-16)9-17/h2,4,10-11,13,17H,3,5-9H2,1H3. The number of aryl methyl sites for hydroxylation is 1. The van der Waals surface area contributed by atoms with E-state index >= 15 is 0 Å². The summed E-state index contributed by atoms with van der Waals surface area (Å²) in [5.74, 6) is 3.81. The molecule has 2 fully saturated rings. The average Bonchev–Trinajstić information content (AvgIpc) is 2.89. The van der Waals surface area contributed by atoms with Crippen LogP contribution in [0.2, 0.25) is 0 Å². The van der Waals surface area contributed by atoms with Crippen molar-refractivity contribution in [3.05, 3.63) is 23.7 Å². The van der Waals surface area contributed by atoms with E-state index in [2.05, 4.69) is 13.0 Å². The van der Waals surface area contributed by atoms with Gasteiger partial charge in [0.2, 0.25) is 5.91 Å². The minimum absolute atomic E-state index is 0.169. The summed E-state index contributed by atoms with van der Waals surface area (Å²) in [6, 6.07) is 4.06. The molecular formula is C15H21NO3. The highest BCUT2D eigenvalue weighted by Crippen LogP contribution is 2.47. The molecule has 1 aromatic heterocycles. The van der Waals surface area contributed by atoms with Crippen molar-refractivity contribution in [2.75, 3.05) is 19.7 Å². The van der Waals surface area contributed by atoms with Crippen LogP contribution in [0, 0.1) is 11.8 Å². The molecular weight excluding hydrogens is 242 g/mol. The number of nitrogens with zero attached hydrogens (tertiary/aromatic N) is 1. The van der Waals surface area contributed by atoms with Crippen LogP contribution in [0.1, 0.15) is 37.2 Å². The molecule has 2 aliphatic rings. The minimum Gasteiger partial charge on any atom is -0.466 e. The first-order chi connectivity index (χ1) is 9.17. The predicted molar refractivity (Wildman–Crippen MR) is 70.7 cm³/mol. The van der Waals surface area contributed by atoms with Crippen molar-refractivity contribution in [3.63, 3.8) is 0 Å². The summed E-state index contributed by atoms with van der Waals surface area (Å²) in [4.78, 5) is 13.7. The molecule has 0 bridgehead atoms. The van der Waals surface area contributed by atoms with Gasteiger partial charge in [0.25, 0.3) is 0 Å². The third-order valence-electron chi connectivity index (χ3n) is 4.31. The number of furan rings is 1. The molecule has 0 radical (unpaired) electrons. The van der Waals surface area contributed by atoms with E-state index in [1.165, 1.54) is 6.42 Å². The highest BCUT2D eigenvalue weighted by Gasteiger charge is 2.36. The van der Waals surface area contributed by atoms with Crippen LogP contribution < -0.4 is 0 Å². The lowest BCUT2D eigenvalue weighted by Crippen LogP contribution is -2.51. The molecule has 4 nitrogen and oxygen atoms in total. The summed E-state index contributed by atoms with van der Waals surface area (Å²) in [6.45, 7) is 3.83. The number of carbonyl (C=O) groups excluding carboxylic acids is 1. The molecule has 2 atom stereocenters. The fraction of sp³-hybridized carbons (Fsp3) is 0.667. The van der Waals surface area contributed by atoms with Crippen molar-refractivity contribution in [2.45, 2.75) is 32.1 Å². The summed E-state index contributed by atoms with van der Waals surface area (Å²) in [6.07, 6.45) is 2.41. The lowest BCUT2D eigenvalue weighted by Gasteiger charge is -2.38. The van der Waals surface area contributed by atoms with Crippen molar-refractivity contribution in [1.82, 2.24) is 4.90 Å². The summed E-state index contributed by atoms with van der Waals surface area (Å²) >= 11 is 0. The smallest absolute Gasteiger partial charge is 0.223 e. The van der Waals surface area contributed by atoms with Gasteiger partial charge in [-0.15, -0.1) is 0 Å². The van der Waals surface area contributed by atoms with Crippen LogP contribution in [-0.4, -0.2) is 35.6 Å². The number of hydrogen-bond donors (Lipinski definition) is 1. The summed E-state index contributed by atoms with van der Waals surface area (Å²) in [7, 11) is 0. The number of likely N-dealkylation sites (tertiary alicyclic amines) is 1. The molecule has 1 saturated carbocycles. The van der Waals surface area contributed by atoms with Gasteiger partial charge in [0.05, 0.1) is 0 Å². The quantitative estimate of drug-likeness (QED) is 0.881. The zero-order valence-corrected chi connectivity index (χ0v) is 11.3. The van der Waals surface area contributed by atoms with Crippen LogP contribution in [0.4, 0.5) is 0 Å². The van der Waals surface area contributed by atoms with E-state index in [-0.39, 0.29) is 18.4 Å². The van der Waals surface area contributed by atoms with Gasteiger partial charge < -0.3 is 14.4 Å². The number of amides is 1. The van der Waals surface area contributed by atoms with Crippen LogP contribution in [-0.2, 0) is 11.2 Å². The Morgan fingerprint density at radius 1 is 1.47 bits per heavy atom. The van der Waals surface area contributed by atoms with Crippen molar-refractivity contribution < 1.29 is 14.3 Å². The Kier molecular flexibility index (Phi) is 3.35. The number of aliphatic hydroxyl groups is 1. The zero-order chi connectivity index (χ0) is 13.4. The van der Waals surface area contributed by atoms with Gasteiger partial charge in [-0.25, -0.2) is 0 Å². The molecule has 1 aromatic rings. The van der Waals surface area contributed by atoms with Crippen molar-refractivity contribution in [3.8, 4) is 0 Å². The molecule has 2 unspecified atom stereocenters. The Balaban J connectivity index is 1.44. The van der Waals surface area contributed by atoms with Crippen LogP contribution in [0.15, 0.2) is 16.5 Å². The Bertz CT molecular complexity index is 462. The van der Waals surface area contributed by atoms with Gasteiger partial charge in [-0.2, -0.15) is 0 Å². The molecule has 104 valence electrons. The number of hydrogen-bond acceptors (Lipinski definition) is 3. The van der Waals surface area contributed by atoms with E-state index in [0.717, 1.165) is 17.4 Å². The Hall–Kier alpha value is -1.29. The number of rotatable bonds is 5. The molecule has 19 heavy (non-hydrogen) atoms. The molecule has 3 rings (SSSR count). The third kappa shape index (κ3) is 2.68. The summed E-state index contributed by atoms with van der Waals surface area (Å²) in [5, 5.41) is 8.92. The maximum absolute atomic E-state index is 11.9. The van der Waals surface area contributed by atoms with Crippen molar-refractivity contribution in [1.29, 1.82) is 0 Å². The van der Waals surface area contributed by atoms with Gasteiger partial charge in [0.1, 0.15) is 11.5 Å². The first-order valence-corrected chi connectivity index (χ1v) is 7.14. The topological polar surface area (TPSA) is 53.7 Å². The Morgan fingerprint density at radius 3 is 2.84 bits per heavy atom. The van der Waals surface area contributed by atoms with Gasteiger partial charge in [0, 0.05) is 44.4 Å². The van der Waals surface area contributed by atoms with Crippen LogP contribution >= 0.6 is 0 Å². The molecule has 1 aliphatic carbocycles. The van der Waals surface area contributed by atoms with Gasteiger partial charge in [-0.3, -0.25) is 4.79 Å². The first kappa shape index (κ1) is 12.7. The normalized spacial score (nSPS) is 26.3. The van der Waals surface area contributed by atoms with Crippen molar-refractivity contribution in [2.24, 2.45) is 11.8 Å². The van der Waals surface area contributed by atoms with Crippen molar-refractivity contribution >= 4 is 5.91 Å². The van der Waals surface area contributed by atoms with E-state index in [9.17, 15) is 4.79 Å². The molecule has 2 heterocycles. The highest BCUT2D eigenvalue weighted by atomic mass is 16.3. The van der Waals surface area contributed by atoms with Gasteiger partial charge in [-0.1, -0.05) is 6.92 Å². The second kappa shape index (κ2) is 5.00. The molecule has 4 heteroatoms. The molecule has 0 aromatic carbocycles. The Morgan fingerprint density at radius 2 is 2.21 bits per heavy atom. The van der Waals surface area contributed by atoms with E-state index in [1.807, 2.05) is 11.0 Å². The summed E-state index contributed by atoms with van der Waals surface area (Å²) < 4.78 is 5.79. The molecule has 1 aliphatic heterocycles. The van der Waals surface area contributed by atoms with E-state index in [4.69, 9.17) is 9.52 Å². The third-order valence-corrected chi connectivity index (χ3v) is 4.31. The SMILES string of the molecule is CC1CC1c1ccc(CCC(=O)N2CC(CO)C2)o1. The molecule has 0 spiro atoms. The summed E-state index contributed by atoms with van der Waals surface area (Å²) in [5.41, 5.74) is 0. The fourth-order valence-electron chi connectivity index (χ4n) is 2.72. The molecule has 1 N–H and O–H groups in total. The largest absolute Gasteiger partial charge is 0.466 e. The number of aliphatic hydroxyl groups excluding tert-OH is 1. The van der Waals surface area contributed by atoms with Crippen LogP contribution in [0.5, 0.6) is 0 Å². The first-order valence-electron chi connectivity index (χ1n) is 7.14. The second-order valence-electron chi connectivity index (χ2n) is 5.97. The number of carbonyl (C=O) groups is 1. The van der Waals surface area contributed by atoms with Gasteiger partial charge in [0.15, 0.2) is 0 Å². The van der Waals surface area contributed by atoms with Gasteiger partial charge in [-0.05, 0) is 24.5 Å². The van der Waals surface area contributed by atoms with E-state index < -0.39 is 0 Å². The minimum atomic E-state index is 0.169. The van der Waals surface area contributed by atoms with E-state index in [1.54, 1.807) is 0 Å². The van der Waals surface area contributed by atoms with E-state index in [0.29, 0.717) is 31.8 Å². The maximum atomic E-state index is 11.9. The molecule has 1 saturated heterocycles. The van der Waals surface area contributed by atoms with Crippen LogP contribution in [0.25, 0.3) is 0 Å². The monoisotopic (exact) mass is 263 g/mol. The highest BCUT2D eigenvalue weighted by molar-refractivity contribution is 5.77. The zero-order valence-electron chi connectivity index (χ0n) is 11.3.